The molecule has 0 radical (unpaired) electrons. The highest BCUT2D eigenvalue weighted by Crippen LogP contribution is 2.27. The van der Waals surface area contributed by atoms with Crippen LogP contribution in [0.15, 0.2) is 41.6 Å². The summed E-state index contributed by atoms with van der Waals surface area (Å²) in [5.74, 6) is 0.936. The highest BCUT2D eigenvalue weighted by molar-refractivity contribution is 7.99. The van der Waals surface area contributed by atoms with Gasteiger partial charge in [-0.25, -0.2) is 0 Å². The van der Waals surface area contributed by atoms with Crippen molar-refractivity contribution in [2.24, 2.45) is 7.05 Å². The molecule has 0 aliphatic carbocycles. The molecule has 2 heterocycles. The van der Waals surface area contributed by atoms with E-state index in [1.165, 1.54) is 0 Å². The Morgan fingerprint density at radius 2 is 2.29 bits per heavy atom. The summed E-state index contributed by atoms with van der Waals surface area (Å²) in [6.07, 6.45) is 6.29. The number of carbonyl (C=O) groups excluding carboxylic acids is 1. The molecular formula is C18H23N3O2S. The van der Waals surface area contributed by atoms with Gasteiger partial charge >= 0.3 is 0 Å². The fourth-order valence-corrected chi connectivity index (χ4v) is 3.95. The molecule has 1 aliphatic heterocycles. The largest absolute Gasteiger partial charge is 0.377 e. The zero-order valence-electron chi connectivity index (χ0n) is 14.1. The number of amides is 1. The Morgan fingerprint density at radius 1 is 1.46 bits per heavy atom. The Labute approximate surface area is 147 Å². The van der Waals surface area contributed by atoms with Crippen LogP contribution < -0.4 is 0 Å². The first-order valence-corrected chi connectivity index (χ1v) is 9.18. The third-order valence-corrected chi connectivity index (χ3v) is 5.30. The molecule has 0 saturated carbocycles. The highest BCUT2D eigenvalue weighted by Gasteiger charge is 2.19. The van der Waals surface area contributed by atoms with Crippen LogP contribution in [0, 0.1) is 0 Å². The molecule has 128 valence electrons. The minimum absolute atomic E-state index is 0.0364. The molecular weight excluding hydrogens is 322 g/mol. The van der Waals surface area contributed by atoms with Crippen LogP contribution in [0.2, 0.25) is 0 Å². The Balaban J connectivity index is 1.66. The molecule has 0 bridgehead atoms. The maximum atomic E-state index is 12.8. The number of aryl methyl sites for hydroxylation is 1. The lowest BCUT2D eigenvalue weighted by molar-refractivity contribution is 0.0781. The number of carbonyl (C=O) groups is 1. The van der Waals surface area contributed by atoms with Crippen molar-refractivity contribution in [1.29, 1.82) is 0 Å². The summed E-state index contributed by atoms with van der Waals surface area (Å²) < 4.78 is 7.43. The van der Waals surface area contributed by atoms with Gasteiger partial charge in [0.1, 0.15) is 0 Å². The molecule has 6 heteroatoms. The first-order chi connectivity index (χ1) is 11.6. The molecule has 1 aromatic carbocycles. The SMILES string of the molecule is CN(Cc1cnn(C)c1)C(=O)c1ccccc1SCC1CCCO1. The van der Waals surface area contributed by atoms with Gasteiger partial charge in [-0.15, -0.1) is 11.8 Å². The predicted octanol–water partition coefficient (Wildman–Crippen LogP) is 2.96. The lowest BCUT2D eigenvalue weighted by atomic mass is 10.2. The number of ether oxygens (including phenoxy) is 1. The molecule has 24 heavy (non-hydrogen) atoms. The molecule has 2 aromatic rings. The normalized spacial score (nSPS) is 17.2. The maximum Gasteiger partial charge on any atom is 0.255 e. The van der Waals surface area contributed by atoms with Gasteiger partial charge in [0.05, 0.1) is 17.9 Å². The Morgan fingerprint density at radius 3 is 3.00 bits per heavy atom. The van der Waals surface area contributed by atoms with Gasteiger partial charge in [-0.2, -0.15) is 5.10 Å². The van der Waals surface area contributed by atoms with Crippen LogP contribution in [0.25, 0.3) is 0 Å². The summed E-state index contributed by atoms with van der Waals surface area (Å²) in [6.45, 7) is 1.41. The molecule has 1 amide bonds. The van der Waals surface area contributed by atoms with Gasteiger partial charge < -0.3 is 9.64 Å². The summed E-state index contributed by atoms with van der Waals surface area (Å²) in [7, 11) is 3.71. The van der Waals surface area contributed by atoms with Crippen LogP contribution in [-0.2, 0) is 18.3 Å². The van der Waals surface area contributed by atoms with Gasteiger partial charge in [0.15, 0.2) is 0 Å². The third-order valence-electron chi connectivity index (χ3n) is 4.09. The third kappa shape index (κ3) is 4.19. The van der Waals surface area contributed by atoms with Gasteiger partial charge in [0.25, 0.3) is 5.91 Å². The zero-order chi connectivity index (χ0) is 16.9. The van der Waals surface area contributed by atoms with E-state index >= 15 is 0 Å². The van der Waals surface area contributed by atoms with E-state index < -0.39 is 0 Å². The second kappa shape index (κ2) is 7.85. The van der Waals surface area contributed by atoms with Gasteiger partial charge in [0, 0.05) is 49.7 Å². The number of benzene rings is 1. The molecule has 3 rings (SSSR count). The van der Waals surface area contributed by atoms with Crippen LogP contribution in [0.1, 0.15) is 28.8 Å². The Kier molecular flexibility index (Phi) is 5.58. The Hall–Kier alpha value is -1.79. The molecule has 0 N–H and O–H groups in total. The quantitative estimate of drug-likeness (QED) is 0.755. The van der Waals surface area contributed by atoms with Crippen molar-refractivity contribution >= 4 is 17.7 Å². The second-order valence-electron chi connectivity index (χ2n) is 6.13. The smallest absolute Gasteiger partial charge is 0.255 e. The summed E-state index contributed by atoms with van der Waals surface area (Å²) in [5.41, 5.74) is 1.78. The van der Waals surface area contributed by atoms with Crippen LogP contribution in [-0.4, -0.2) is 46.1 Å². The predicted molar refractivity (Wildman–Crippen MR) is 95.1 cm³/mol. The summed E-state index contributed by atoms with van der Waals surface area (Å²) in [6, 6.07) is 7.82. The van der Waals surface area contributed by atoms with Crippen molar-refractivity contribution in [2.45, 2.75) is 30.4 Å². The minimum Gasteiger partial charge on any atom is -0.377 e. The summed E-state index contributed by atoms with van der Waals surface area (Å²) >= 11 is 1.71. The number of hydrogen-bond acceptors (Lipinski definition) is 4. The van der Waals surface area contributed by atoms with E-state index in [1.807, 2.05) is 44.6 Å². The van der Waals surface area contributed by atoms with Crippen molar-refractivity contribution in [2.75, 3.05) is 19.4 Å². The van der Waals surface area contributed by atoms with E-state index in [0.29, 0.717) is 12.6 Å². The van der Waals surface area contributed by atoms with E-state index in [4.69, 9.17) is 4.74 Å². The molecule has 0 spiro atoms. The van der Waals surface area contributed by atoms with E-state index in [1.54, 1.807) is 27.5 Å². The average molecular weight is 345 g/mol. The lowest BCUT2D eigenvalue weighted by Gasteiger charge is -2.18. The minimum atomic E-state index is 0.0364. The molecule has 1 unspecified atom stereocenters. The first-order valence-electron chi connectivity index (χ1n) is 8.20. The fraction of sp³-hybridized carbons (Fsp3) is 0.444. The number of thioether (sulfide) groups is 1. The van der Waals surface area contributed by atoms with Crippen molar-refractivity contribution in [3.8, 4) is 0 Å². The number of nitrogens with zero attached hydrogens (tertiary/aromatic N) is 3. The molecule has 1 aromatic heterocycles. The molecule has 5 nitrogen and oxygen atoms in total. The Bertz CT molecular complexity index is 695. The van der Waals surface area contributed by atoms with E-state index in [-0.39, 0.29) is 5.91 Å². The van der Waals surface area contributed by atoms with Crippen molar-refractivity contribution in [3.05, 3.63) is 47.8 Å². The molecule has 1 saturated heterocycles. The zero-order valence-corrected chi connectivity index (χ0v) is 15.0. The number of rotatable bonds is 6. The van der Waals surface area contributed by atoms with E-state index in [0.717, 1.165) is 41.2 Å². The van der Waals surface area contributed by atoms with Crippen molar-refractivity contribution in [1.82, 2.24) is 14.7 Å². The second-order valence-corrected chi connectivity index (χ2v) is 7.19. The molecule has 1 aliphatic rings. The highest BCUT2D eigenvalue weighted by atomic mass is 32.2. The summed E-state index contributed by atoms with van der Waals surface area (Å²) in [5, 5.41) is 4.15. The van der Waals surface area contributed by atoms with Gasteiger partial charge in [-0.05, 0) is 25.0 Å². The van der Waals surface area contributed by atoms with Crippen LogP contribution in [0.5, 0.6) is 0 Å². The number of hydrogen-bond donors (Lipinski definition) is 0. The van der Waals surface area contributed by atoms with Crippen LogP contribution in [0.4, 0.5) is 0 Å². The maximum absolute atomic E-state index is 12.8. The standard InChI is InChI=1S/C18H23N3O2S/c1-20(11-14-10-19-21(2)12-14)18(22)16-7-3-4-8-17(16)24-13-15-6-5-9-23-15/h3-4,7-8,10,12,15H,5-6,9,11,13H2,1-2H3. The fourth-order valence-electron chi connectivity index (χ4n) is 2.83. The van der Waals surface area contributed by atoms with Crippen LogP contribution in [0.3, 0.4) is 0 Å². The number of aromatic nitrogens is 2. The first kappa shape index (κ1) is 17.0. The van der Waals surface area contributed by atoms with Crippen molar-refractivity contribution in [3.63, 3.8) is 0 Å². The monoisotopic (exact) mass is 345 g/mol. The van der Waals surface area contributed by atoms with Gasteiger partial charge in [-0.1, -0.05) is 12.1 Å². The lowest BCUT2D eigenvalue weighted by Crippen LogP contribution is -2.26. The average Bonchev–Trinajstić information content (AvgIpc) is 3.24. The molecule has 1 fully saturated rings. The van der Waals surface area contributed by atoms with Gasteiger partial charge in [0.2, 0.25) is 0 Å². The van der Waals surface area contributed by atoms with E-state index in [9.17, 15) is 4.79 Å². The van der Waals surface area contributed by atoms with E-state index in [2.05, 4.69) is 5.10 Å². The van der Waals surface area contributed by atoms with Gasteiger partial charge in [-0.3, -0.25) is 9.48 Å². The van der Waals surface area contributed by atoms with Crippen molar-refractivity contribution < 1.29 is 9.53 Å². The topological polar surface area (TPSA) is 47.4 Å². The van der Waals surface area contributed by atoms with Crippen LogP contribution >= 0.6 is 11.8 Å². The molecule has 1 atom stereocenters. The summed E-state index contributed by atoms with van der Waals surface area (Å²) in [4.78, 5) is 15.6.